The van der Waals surface area contributed by atoms with Gasteiger partial charge in [0.25, 0.3) is 0 Å². The first-order valence-electron chi connectivity index (χ1n) is 8.41. The highest BCUT2D eigenvalue weighted by atomic mass is 16.6. The van der Waals surface area contributed by atoms with Crippen molar-refractivity contribution >= 4 is 6.29 Å². The number of nitrogens with zero attached hydrogens (tertiary/aromatic N) is 1. The third kappa shape index (κ3) is 13.4. The molecule has 0 aliphatic carbocycles. The predicted octanol–water partition coefficient (Wildman–Crippen LogP) is 4.70. The first kappa shape index (κ1) is 20.4. The molecule has 1 atom stereocenters. The summed E-state index contributed by atoms with van der Waals surface area (Å²) >= 11 is 0. The minimum Gasteiger partial charge on any atom is -0.303 e. The molecule has 0 amide bonds. The molecule has 0 fully saturated rings. The van der Waals surface area contributed by atoms with E-state index in [2.05, 4.69) is 18.8 Å². The van der Waals surface area contributed by atoms with Crippen molar-refractivity contribution in [3.63, 3.8) is 0 Å². The summed E-state index contributed by atoms with van der Waals surface area (Å²) in [5.74, 6) is 5.94. The lowest BCUT2D eigenvalue weighted by molar-refractivity contribution is -0.508. The summed E-state index contributed by atoms with van der Waals surface area (Å²) in [5, 5.41) is 11.0. The molecule has 22 heavy (non-hydrogen) atoms. The van der Waals surface area contributed by atoms with E-state index in [9.17, 15) is 14.9 Å². The van der Waals surface area contributed by atoms with Gasteiger partial charge in [0.2, 0.25) is 6.04 Å². The molecule has 0 aromatic rings. The van der Waals surface area contributed by atoms with Crippen molar-refractivity contribution in [2.24, 2.45) is 0 Å². The van der Waals surface area contributed by atoms with Gasteiger partial charge in [0.15, 0.2) is 0 Å². The van der Waals surface area contributed by atoms with Crippen molar-refractivity contribution in [1.29, 1.82) is 0 Å². The molecule has 0 N–H and O–H groups in total. The summed E-state index contributed by atoms with van der Waals surface area (Å²) in [6, 6.07) is -0.686. The summed E-state index contributed by atoms with van der Waals surface area (Å²) in [5.41, 5.74) is 0. The van der Waals surface area contributed by atoms with Crippen LogP contribution in [0.3, 0.4) is 0 Å². The lowest BCUT2D eigenvalue weighted by Gasteiger charge is -2.00. The summed E-state index contributed by atoms with van der Waals surface area (Å²) in [4.78, 5) is 20.8. The lowest BCUT2D eigenvalue weighted by atomic mass is 10.1. The van der Waals surface area contributed by atoms with Gasteiger partial charge in [0.05, 0.1) is 6.42 Å². The third-order valence-electron chi connectivity index (χ3n) is 3.41. The first-order valence-corrected chi connectivity index (χ1v) is 8.41. The number of aldehydes is 1. The maximum atomic E-state index is 11.0. The molecule has 0 aromatic heterocycles. The van der Waals surface area contributed by atoms with Crippen LogP contribution < -0.4 is 0 Å². The molecule has 1 unspecified atom stereocenters. The number of carbonyl (C=O) groups excluding carboxylic acids is 1. The topological polar surface area (TPSA) is 60.2 Å². The first-order chi connectivity index (χ1) is 10.7. The van der Waals surface area contributed by atoms with E-state index in [1.807, 2.05) is 6.08 Å². The Kier molecular flexibility index (Phi) is 14.6. The van der Waals surface area contributed by atoms with E-state index in [1.165, 1.54) is 6.42 Å². The molecule has 124 valence electrons. The number of hydrogen-bond donors (Lipinski definition) is 0. The van der Waals surface area contributed by atoms with Gasteiger partial charge in [-0.2, -0.15) is 0 Å². The van der Waals surface area contributed by atoms with Crippen LogP contribution in [0.1, 0.15) is 77.6 Å². The molecule has 0 saturated heterocycles. The van der Waals surface area contributed by atoms with Gasteiger partial charge in [-0.15, -0.1) is 5.92 Å². The number of nitro groups is 1. The van der Waals surface area contributed by atoms with Crippen LogP contribution >= 0.6 is 0 Å². The average Bonchev–Trinajstić information content (AvgIpc) is 2.50. The zero-order chi connectivity index (χ0) is 16.5. The smallest absolute Gasteiger partial charge is 0.242 e. The zero-order valence-electron chi connectivity index (χ0n) is 13.8. The normalized spacial score (nSPS) is 11.9. The molecular weight excluding hydrogens is 278 g/mol. The van der Waals surface area contributed by atoms with Crippen LogP contribution in [0.2, 0.25) is 0 Å². The second-order valence-electron chi connectivity index (χ2n) is 5.45. The van der Waals surface area contributed by atoms with E-state index >= 15 is 0 Å². The summed E-state index contributed by atoms with van der Waals surface area (Å²) in [6.07, 6.45) is 14.6. The third-order valence-corrected chi connectivity index (χ3v) is 3.41. The SMILES string of the molecule is CCCCCC#CCC(/C=C/CCCCCCC=O)[N+](=O)[O-]. The number of allylic oxidation sites excluding steroid dienone is 1. The van der Waals surface area contributed by atoms with Gasteiger partial charge in [-0.3, -0.25) is 10.1 Å². The van der Waals surface area contributed by atoms with Crippen LogP contribution in [0.25, 0.3) is 0 Å². The Balaban J connectivity index is 3.85. The Hall–Kier alpha value is -1.63. The number of hydrogen-bond acceptors (Lipinski definition) is 3. The van der Waals surface area contributed by atoms with Gasteiger partial charge in [0, 0.05) is 17.8 Å². The molecule has 0 rings (SSSR count). The highest BCUT2D eigenvalue weighted by Crippen LogP contribution is 2.07. The Bertz CT molecular complexity index is 380. The molecule has 0 aliphatic heterocycles. The van der Waals surface area contributed by atoms with Gasteiger partial charge in [-0.05, 0) is 31.8 Å². The molecule has 0 saturated carbocycles. The van der Waals surface area contributed by atoms with Crippen molar-refractivity contribution in [2.45, 2.75) is 83.6 Å². The Morgan fingerprint density at radius 2 is 1.77 bits per heavy atom. The van der Waals surface area contributed by atoms with E-state index < -0.39 is 6.04 Å². The minimum atomic E-state index is -0.686. The van der Waals surface area contributed by atoms with Crippen molar-refractivity contribution in [3.05, 3.63) is 22.3 Å². The minimum absolute atomic E-state index is 0.263. The fourth-order valence-corrected chi connectivity index (χ4v) is 2.04. The standard InChI is InChI=1S/C18H29NO3/c1-2-3-4-5-9-12-15-18(19(21)22)16-13-10-7-6-8-11-14-17-20/h13,16-18H,2-8,10-11,14-15H2,1H3/b16-13+. The van der Waals surface area contributed by atoms with Crippen LogP contribution in [0.4, 0.5) is 0 Å². The fourth-order valence-electron chi connectivity index (χ4n) is 2.04. The second-order valence-corrected chi connectivity index (χ2v) is 5.45. The molecular formula is C18H29NO3. The quantitative estimate of drug-likeness (QED) is 0.124. The average molecular weight is 307 g/mol. The van der Waals surface area contributed by atoms with Gasteiger partial charge in [-0.1, -0.05) is 44.6 Å². The molecule has 4 nitrogen and oxygen atoms in total. The highest BCUT2D eigenvalue weighted by Gasteiger charge is 2.13. The van der Waals surface area contributed by atoms with Crippen LogP contribution in [0.5, 0.6) is 0 Å². The van der Waals surface area contributed by atoms with Gasteiger partial charge in [0.1, 0.15) is 6.29 Å². The van der Waals surface area contributed by atoms with E-state index in [-0.39, 0.29) is 4.92 Å². The molecule has 4 heteroatoms. The monoisotopic (exact) mass is 307 g/mol. The molecule has 0 aromatic carbocycles. The zero-order valence-corrected chi connectivity index (χ0v) is 13.8. The van der Waals surface area contributed by atoms with Crippen molar-refractivity contribution in [1.82, 2.24) is 0 Å². The highest BCUT2D eigenvalue weighted by molar-refractivity contribution is 5.48. The number of rotatable bonds is 13. The number of unbranched alkanes of at least 4 members (excludes halogenated alkanes) is 8. The van der Waals surface area contributed by atoms with Gasteiger partial charge < -0.3 is 4.79 Å². The summed E-state index contributed by atoms with van der Waals surface area (Å²) in [6.45, 7) is 2.14. The van der Waals surface area contributed by atoms with Gasteiger partial charge in [-0.25, -0.2) is 0 Å². The van der Waals surface area contributed by atoms with E-state index in [1.54, 1.807) is 6.08 Å². The molecule has 0 spiro atoms. The number of carbonyl (C=O) groups is 1. The Morgan fingerprint density at radius 3 is 2.41 bits per heavy atom. The van der Waals surface area contributed by atoms with Crippen LogP contribution in [-0.4, -0.2) is 17.3 Å². The van der Waals surface area contributed by atoms with E-state index in [0.29, 0.717) is 12.8 Å². The Labute approximate surface area is 134 Å². The molecule has 0 radical (unpaired) electrons. The second kappa shape index (κ2) is 15.8. The van der Waals surface area contributed by atoms with Crippen molar-refractivity contribution < 1.29 is 9.72 Å². The maximum Gasteiger partial charge on any atom is 0.242 e. The van der Waals surface area contributed by atoms with Crippen molar-refractivity contribution in [3.8, 4) is 11.8 Å². The van der Waals surface area contributed by atoms with Crippen LogP contribution in [0.15, 0.2) is 12.2 Å². The lowest BCUT2D eigenvalue weighted by Crippen LogP contribution is -2.15. The van der Waals surface area contributed by atoms with Gasteiger partial charge >= 0.3 is 0 Å². The summed E-state index contributed by atoms with van der Waals surface area (Å²) in [7, 11) is 0. The van der Waals surface area contributed by atoms with E-state index in [4.69, 9.17) is 0 Å². The molecule has 0 bridgehead atoms. The Morgan fingerprint density at radius 1 is 1.05 bits per heavy atom. The molecule has 0 heterocycles. The molecule has 0 aliphatic rings. The summed E-state index contributed by atoms with van der Waals surface area (Å²) < 4.78 is 0. The van der Waals surface area contributed by atoms with Crippen molar-refractivity contribution in [2.75, 3.05) is 0 Å². The van der Waals surface area contributed by atoms with Crippen LogP contribution in [-0.2, 0) is 4.79 Å². The maximum absolute atomic E-state index is 11.0. The largest absolute Gasteiger partial charge is 0.303 e. The van der Waals surface area contributed by atoms with Crippen LogP contribution in [0, 0.1) is 22.0 Å². The predicted molar refractivity (Wildman–Crippen MR) is 90.2 cm³/mol. The fraction of sp³-hybridized carbons (Fsp3) is 0.722. The van der Waals surface area contributed by atoms with E-state index in [0.717, 1.165) is 57.7 Å².